The van der Waals surface area contributed by atoms with Gasteiger partial charge in [0.05, 0.1) is 6.61 Å². The van der Waals surface area contributed by atoms with E-state index in [0.717, 1.165) is 25.2 Å². The molecule has 5 nitrogen and oxygen atoms in total. The van der Waals surface area contributed by atoms with E-state index in [9.17, 15) is 4.79 Å². The van der Waals surface area contributed by atoms with Gasteiger partial charge in [0.15, 0.2) is 0 Å². The third-order valence-corrected chi connectivity index (χ3v) is 4.56. The van der Waals surface area contributed by atoms with Crippen molar-refractivity contribution < 1.29 is 9.53 Å². The monoisotopic (exact) mass is 339 g/mol. The summed E-state index contributed by atoms with van der Waals surface area (Å²) in [6, 6.07) is 10.6. The first-order valence-electron chi connectivity index (χ1n) is 8.81. The molecule has 1 aliphatic heterocycles. The fourth-order valence-corrected chi connectivity index (χ4v) is 3.18. The topological polar surface area (TPSA) is 45.7 Å². The van der Waals surface area contributed by atoms with E-state index < -0.39 is 0 Å². The molecule has 0 spiro atoms. The minimum atomic E-state index is -0.203. The highest BCUT2D eigenvalue weighted by Gasteiger charge is 2.21. The summed E-state index contributed by atoms with van der Waals surface area (Å²) in [6.45, 7) is 8.37. The number of ether oxygens (including phenoxy) is 1. The second-order valence-electron chi connectivity index (χ2n) is 6.36. The highest BCUT2D eigenvalue weighted by Crippen LogP contribution is 2.23. The molecule has 1 fully saturated rings. The van der Waals surface area contributed by atoms with Crippen molar-refractivity contribution in [2.75, 3.05) is 32.8 Å². The van der Waals surface area contributed by atoms with Gasteiger partial charge in [-0.15, -0.1) is 0 Å². The van der Waals surface area contributed by atoms with Crippen LogP contribution in [0.4, 0.5) is 4.79 Å². The van der Waals surface area contributed by atoms with Crippen molar-refractivity contribution in [3.05, 3.63) is 53.9 Å². The van der Waals surface area contributed by atoms with E-state index in [1.807, 2.05) is 19.3 Å². The fraction of sp³-hybridized carbons (Fsp3) is 0.400. The molecule has 0 saturated carbocycles. The number of hydrogen-bond donors (Lipinski definition) is 0. The van der Waals surface area contributed by atoms with Crippen LogP contribution < -0.4 is 0 Å². The van der Waals surface area contributed by atoms with Gasteiger partial charge < -0.3 is 9.64 Å². The summed E-state index contributed by atoms with van der Waals surface area (Å²) in [5, 5.41) is 0. The molecule has 5 heteroatoms. The number of rotatable bonds is 4. The highest BCUT2D eigenvalue weighted by molar-refractivity contribution is 5.68. The largest absolute Gasteiger partial charge is 0.450 e. The third-order valence-electron chi connectivity index (χ3n) is 4.56. The molecule has 0 aliphatic carbocycles. The molecule has 1 amide bonds. The lowest BCUT2D eigenvalue weighted by molar-refractivity contribution is 0.0778. The van der Waals surface area contributed by atoms with Gasteiger partial charge in [-0.25, -0.2) is 4.79 Å². The summed E-state index contributed by atoms with van der Waals surface area (Å²) in [5.41, 5.74) is 4.83. The molecular formula is C20H25N3O2. The zero-order valence-corrected chi connectivity index (χ0v) is 14.9. The van der Waals surface area contributed by atoms with Crippen LogP contribution in [0.15, 0.2) is 42.7 Å². The maximum atomic E-state index is 11.8. The zero-order chi connectivity index (χ0) is 17.6. The summed E-state index contributed by atoms with van der Waals surface area (Å²) in [7, 11) is 0. The summed E-state index contributed by atoms with van der Waals surface area (Å²) >= 11 is 0. The summed E-state index contributed by atoms with van der Waals surface area (Å²) < 4.78 is 5.07. The van der Waals surface area contributed by atoms with Gasteiger partial charge in [-0.3, -0.25) is 9.88 Å². The first-order valence-corrected chi connectivity index (χ1v) is 8.81. The average Bonchev–Trinajstić information content (AvgIpc) is 2.63. The molecule has 0 radical (unpaired) electrons. The predicted molar refractivity (Wildman–Crippen MR) is 98.3 cm³/mol. The number of aromatic nitrogens is 1. The molecule has 25 heavy (non-hydrogen) atoms. The number of piperazine rings is 1. The molecular weight excluding hydrogens is 314 g/mol. The van der Waals surface area contributed by atoms with Gasteiger partial charge in [0, 0.05) is 50.7 Å². The summed E-state index contributed by atoms with van der Waals surface area (Å²) in [6.07, 6.45) is 3.65. The van der Waals surface area contributed by atoms with Gasteiger partial charge in [0.2, 0.25) is 0 Å². The van der Waals surface area contributed by atoms with E-state index in [1.165, 1.54) is 16.7 Å². The van der Waals surface area contributed by atoms with E-state index in [-0.39, 0.29) is 6.09 Å². The Morgan fingerprint density at radius 1 is 1.16 bits per heavy atom. The van der Waals surface area contributed by atoms with Gasteiger partial charge >= 0.3 is 6.09 Å². The van der Waals surface area contributed by atoms with Gasteiger partial charge in [0.25, 0.3) is 0 Å². The molecule has 0 atom stereocenters. The molecule has 1 saturated heterocycles. The Bertz CT molecular complexity index is 724. The van der Waals surface area contributed by atoms with Crippen LogP contribution in [-0.2, 0) is 11.3 Å². The predicted octanol–water partition coefficient (Wildman–Crippen LogP) is 3.33. The molecule has 2 aromatic rings. The molecule has 1 aromatic heterocycles. The van der Waals surface area contributed by atoms with Crippen molar-refractivity contribution in [1.82, 2.24) is 14.8 Å². The molecule has 0 bridgehead atoms. The minimum absolute atomic E-state index is 0.203. The van der Waals surface area contributed by atoms with Gasteiger partial charge in [-0.05, 0) is 36.6 Å². The number of pyridine rings is 1. The number of benzene rings is 1. The summed E-state index contributed by atoms with van der Waals surface area (Å²) in [4.78, 5) is 20.3. The van der Waals surface area contributed by atoms with Crippen LogP contribution in [0.25, 0.3) is 11.1 Å². The van der Waals surface area contributed by atoms with Crippen molar-refractivity contribution in [3.8, 4) is 11.1 Å². The number of amides is 1. The zero-order valence-electron chi connectivity index (χ0n) is 14.9. The highest BCUT2D eigenvalue weighted by atomic mass is 16.6. The molecule has 1 aromatic carbocycles. The lowest BCUT2D eigenvalue weighted by Crippen LogP contribution is -2.48. The van der Waals surface area contributed by atoms with E-state index in [2.05, 4.69) is 47.1 Å². The Labute approximate surface area is 149 Å². The average molecular weight is 339 g/mol. The first-order chi connectivity index (χ1) is 12.2. The van der Waals surface area contributed by atoms with Crippen LogP contribution in [0.3, 0.4) is 0 Å². The molecule has 1 aliphatic rings. The molecule has 132 valence electrons. The molecule has 2 heterocycles. The van der Waals surface area contributed by atoms with Crippen molar-refractivity contribution in [3.63, 3.8) is 0 Å². The van der Waals surface area contributed by atoms with Crippen LogP contribution in [0.1, 0.15) is 18.1 Å². The smallest absolute Gasteiger partial charge is 0.409 e. The molecule has 3 rings (SSSR count). The van der Waals surface area contributed by atoms with Crippen LogP contribution in [0, 0.1) is 6.92 Å². The van der Waals surface area contributed by atoms with Crippen LogP contribution in [0.2, 0.25) is 0 Å². The first kappa shape index (κ1) is 17.4. The van der Waals surface area contributed by atoms with Gasteiger partial charge in [-0.2, -0.15) is 0 Å². The molecule has 0 unspecified atom stereocenters. The third kappa shape index (κ3) is 4.37. The molecule has 0 N–H and O–H groups in total. The standard InChI is InChI=1S/C20H25N3O2/c1-3-25-20(24)23-10-8-22(9-11-23)15-17-12-18(14-21-13-17)19-7-5-4-6-16(19)2/h4-7,12-14H,3,8-11,15H2,1-2H3. The van der Waals surface area contributed by atoms with Gasteiger partial charge in [-0.1, -0.05) is 24.3 Å². The normalized spacial score (nSPS) is 15.2. The second-order valence-corrected chi connectivity index (χ2v) is 6.36. The Kier molecular flexibility index (Phi) is 5.66. The lowest BCUT2D eigenvalue weighted by atomic mass is 10.0. The van der Waals surface area contributed by atoms with Crippen molar-refractivity contribution in [2.24, 2.45) is 0 Å². The number of carbonyl (C=O) groups excluding carboxylic acids is 1. The second kappa shape index (κ2) is 8.12. The number of aryl methyl sites for hydroxylation is 1. The Morgan fingerprint density at radius 3 is 2.64 bits per heavy atom. The van der Waals surface area contributed by atoms with E-state index in [4.69, 9.17) is 4.74 Å². The van der Waals surface area contributed by atoms with Crippen molar-refractivity contribution >= 4 is 6.09 Å². The quantitative estimate of drug-likeness (QED) is 0.857. The minimum Gasteiger partial charge on any atom is -0.450 e. The number of carbonyl (C=O) groups is 1. The maximum absolute atomic E-state index is 11.8. The Morgan fingerprint density at radius 2 is 1.92 bits per heavy atom. The van der Waals surface area contributed by atoms with Crippen molar-refractivity contribution in [1.29, 1.82) is 0 Å². The maximum Gasteiger partial charge on any atom is 0.409 e. The van der Waals surface area contributed by atoms with E-state index in [0.29, 0.717) is 19.7 Å². The van der Waals surface area contributed by atoms with E-state index >= 15 is 0 Å². The van der Waals surface area contributed by atoms with Crippen molar-refractivity contribution in [2.45, 2.75) is 20.4 Å². The van der Waals surface area contributed by atoms with Crippen LogP contribution >= 0.6 is 0 Å². The SMILES string of the molecule is CCOC(=O)N1CCN(Cc2cncc(-c3ccccc3C)c2)CC1. The van der Waals surface area contributed by atoms with Crippen LogP contribution in [0.5, 0.6) is 0 Å². The van der Waals surface area contributed by atoms with Crippen LogP contribution in [-0.4, -0.2) is 53.7 Å². The fourth-order valence-electron chi connectivity index (χ4n) is 3.18. The Balaban J connectivity index is 1.62. The number of nitrogens with zero attached hydrogens (tertiary/aromatic N) is 3. The lowest BCUT2D eigenvalue weighted by Gasteiger charge is -2.34. The number of hydrogen-bond acceptors (Lipinski definition) is 4. The summed E-state index contributed by atoms with van der Waals surface area (Å²) in [5.74, 6) is 0. The van der Waals surface area contributed by atoms with Gasteiger partial charge in [0.1, 0.15) is 0 Å². The Hall–Kier alpha value is -2.40. The van der Waals surface area contributed by atoms with E-state index in [1.54, 1.807) is 4.90 Å².